The Kier molecular flexibility index (Phi) is 5.75. The standard InChI is InChI=1S/C17H22ClNO4/c18-13-4-5-15-12(9-13)10-16(23-15)17(20)19-6-2-7-21-11-14-3-1-8-22-14/h4-5,9,14,16H,1-3,6-8,10-11H2,(H,19,20)/t14-,16-/m1/s1. The Hall–Kier alpha value is -1.30. The first-order valence-electron chi connectivity index (χ1n) is 8.14. The van der Waals surface area contributed by atoms with Crippen molar-refractivity contribution in [1.82, 2.24) is 5.32 Å². The molecular formula is C17H22ClNO4. The molecule has 0 bridgehead atoms. The lowest BCUT2D eigenvalue weighted by Crippen LogP contribution is -2.38. The van der Waals surface area contributed by atoms with Crippen molar-refractivity contribution >= 4 is 17.5 Å². The average Bonchev–Trinajstić information content (AvgIpc) is 3.19. The Labute approximate surface area is 141 Å². The molecule has 2 atom stereocenters. The van der Waals surface area contributed by atoms with Gasteiger partial charge in [-0.15, -0.1) is 0 Å². The molecule has 6 heteroatoms. The summed E-state index contributed by atoms with van der Waals surface area (Å²) in [6.07, 6.45) is 3.35. The molecule has 1 N–H and O–H groups in total. The molecule has 0 radical (unpaired) electrons. The molecule has 5 nitrogen and oxygen atoms in total. The summed E-state index contributed by atoms with van der Waals surface area (Å²) in [5.41, 5.74) is 0.984. The Balaban J connectivity index is 1.30. The number of ether oxygens (including phenoxy) is 3. The molecule has 3 rings (SSSR count). The maximum atomic E-state index is 12.1. The molecule has 1 amide bonds. The van der Waals surface area contributed by atoms with Crippen LogP contribution in [-0.4, -0.2) is 44.5 Å². The third-order valence-corrected chi connectivity index (χ3v) is 4.32. The molecule has 126 valence electrons. The monoisotopic (exact) mass is 339 g/mol. The summed E-state index contributed by atoms with van der Waals surface area (Å²) in [5, 5.41) is 3.56. The maximum absolute atomic E-state index is 12.1. The summed E-state index contributed by atoms with van der Waals surface area (Å²) in [6, 6.07) is 5.43. The molecule has 2 aliphatic rings. The van der Waals surface area contributed by atoms with E-state index in [1.807, 2.05) is 12.1 Å². The normalized spacial score (nSPS) is 22.7. The van der Waals surface area contributed by atoms with Crippen LogP contribution in [0.1, 0.15) is 24.8 Å². The molecule has 2 aliphatic heterocycles. The number of hydrogen-bond acceptors (Lipinski definition) is 4. The summed E-state index contributed by atoms with van der Waals surface area (Å²) < 4.78 is 16.7. The highest BCUT2D eigenvalue weighted by Crippen LogP contribution is 2.31. The van der Waals surface area contributed by atoms with Crippen LogP contribution in [0.3, 0.4) is 0 Å². The van der Waals surface area contributed by atoms with E-state index in [1.165, 1.54) is 0 Å². The van der Waals surface area contributed by atoms with Gasteiger partial charge in [0.1, 0.15) is 5.75 Å². The molecule has 0 unspecified atom stereocenters. The van der Waals surface area contributed by atoms with Gasteiger partial charge in [0.2, 0.25) is 0 Å². The van der Waals surface area contributed by atoms with E-state index < -0.39 is 6.10 Å². The quantitative estimate of drug-likeness (QED) is 0.775. The lowest BCUT2D eigenvalue weighted by molar-refractivity contribution is -0.127. The van der Waals surface area contributed by atoms with Gasteiger partial charge in [0.05, 0.1) is 12.7 Å². The fourth-order valence-corrected chi connectivity index (χ4v) is 3.05. The summed E-state index contributed by atoms with van der Waals surface area (Å²) in [6.45, 7) is 2.71. The van der Waals surface area contributed by atoms with Crippen LogP contribution in [0.4, 0.5) is 0 Å². The zero-order chi connectivity index (χ0) is 16.1. The van der Waals surface area contributed by atoms with Gasteiger partial charge in [-0.05, 0) is 43.0 Å². The Morgan fingerprint density at radius 2 is 2.35 bits per heavy atom. The summed E-state index contributed by atoms with van der Waals surface area (Å²) in [4.78, 5) is 12.1. The highest BCUT2D eigenvalue weighted by atomic mass is 35.5. The molecule has 2 heterocycles. The van der Waals surface area contributed by atoms with Crippen molar-refractivity contribution in [3.8, 4) is 5.75 Å². The van der Waals surface area contributed by atoms with Crippen molar-refractivity contribution in [2.24, 2.45) is 0 Å². The Morgan fingerprint density at radius 1 is 1.43 bits per heavy atom. The summed E-state index contributed by atoms with van der Waals surface area (Å²) in [5.74, 6) is 0.658. The predicted molar refractivity (Wildman–Crippen MR) is 87.0 cm³/mol. The lowest BCUT2D eigenvalue weighted by Gasteiger charge is -2.12. The van der Waals surface area contributed by atoms with E-state index in [2.05, 4.69) is 5.32 Å². The van der Waals surface area contributed by atoms with Crippen molar-refractivity contribution < 1.29 is 19.0 Å². The number of fused-ring (bicyclic) bond motifs is 1. The lowest BCUT2D eigenvalue weighted by atomic mass is 10.1. The molecule has 1 aromatic rings. The number of hydrogen-bond donors (Lipinski definition) is 1. The first-order chi connectivity index (χ1) is 11.2. The van der Waals surface area contributed by atoms with Gasteiger partial charge in [0.15, 0.2) is 6.10 Å². The second kappa shape index (κ2) is 7.99. The number of halogens is 1. The highest BCUT2D eigenvalue weighted by Gasteiger charge is 2.28. The molecule has 1 aromatic carbocycles. The zero-order valence-corrected chi connectivity index (χ0v) is 13.8. The number of benzene rings is 1. The molecule has 0 spiro atoms. The van der Waals surface area contributed by atoms with Gasteiger partial charge in [-0.25, -0.2) is 0 Å². The molecule has 1 saturated heterocycles. The average molecular weight is 340 g/mol. The zero-order valence-electron chi connectivity index (χ0n) is 13.1. The molecule has 0 aromatic heterocycles. The van der Waals surface area contributed by atoms with Gasteiger partial charge < -0.3 is 19.5 Å². The van der Waals surface area contributed by atoms with E-state index in [0.717, 1.165) is 37.2 Å². The highest BCUT2D eigenvalue weighted by molar-refractivity contribution is 6.30. The third kappa shape index (κ3) is 4.59. The van der Waals surface area contributed by atoms with Crippen molar-refractivity contribution in [1.29, 1.82) is 0 Å². The number of nitrogens with one attached hydrogen (secondary N) is 1. The number of carbonyl (C=O) groups is 1. The Morgan fingerprint density at radius 3 is 3.17 bits per heavy atom. The van der Waals surface area contributed by atoms with Crippen molar-refractivity contribution in [3.63, 3.8) is 0 Å². The summed E-state index contributed by atoms with van der Waals surface area (Å²) >= 11 is 5.95. The molecule has 0 aliphatic carbocycles. The molecule has 1 fully saturated rings. The Bertz CT molecular complexity index is 545. The van der Waals surface area contributed by atoms with Crippen LogP contribution in [0.15, 0.2) is 18.2 Å². The minimum absolute atomic E-state index is 0.0866. The largest absolute Gasteiger partial charge is 0.480 e. The minimum atomic E-state index is -0.462. The van der Waals surface area contributed by atoms with E-state index in [0.29, 0.717) is 31.2 Å². The predicted octanol–water partition coefficient (Wildman–Crippen LogP) is 2.35. The van der Waals surface area contributed by atoms with Crippen LogP contribution in [0, 0.1) is 0 Å². The fourth-order valence-electron chi connectivity index (χ4n) is 2.85. The van der Waals surface area contributed by atoms with Gasteiger partial charge in [-0.3, -0.25) is 4.79 Å². The van der Waals surface area contributed by atoms with Gasteiger partial charge in [0, 0.05) is 31.2 Å². The van der Waals surface area contributed by atoms with Gasteiger partial charge in [0.25, 0.3) is 5.91 Å². The van der Waals surface area contributed by atoms with Crippen LogP contribution < -0.4 is 10.1 Å². The number of carbonyl (C=O) groups excluding carboxylic acids is 1. The van der Waals surface area contributed by atoms with E-state index in [9.17, 15) is 4.79 Å². The van der Waals surface area contributed by atoms with E-state index in [1.54, 1.807) is 6.07 Å². The van der Waals surface area contributed by atoms with Crippen LogP contribution in [0.2, 0.25) is 5.02 Å². The van der Waals surface area contributed by atoms with Gasteiger partial charge >= 0.3 is 0 Å². The molecule has 0 saturated carbocycles. The van der Waals surface area contributed by atoms with Crippen LogP contribution in [0.5, 0.6) is 5.75 Å². The topological polar surface area (TPSA) is 56.8 Å². The SMILES string of the molecule is O=C(NCCCOC[C@H]1CCCO1)[C@H]1Cc2cc(Cl)ccc2O1. The van der Waals surface area contributed by atoms with Gasteiger partial charge in [-0.2, -0.15) is 0 Å². The fraction of sp³-hybridized carbons (Fsp3) is 0.588. The second-order valence-corrected chi connectivity index (χ2v) is 6.35. The first kappa shape index (κ1) is 16.6. The van der Waals surface area contributed by atoms with Crippen molar-refractivity contribution in [2.45, 2.75) is 37.9 Å². The number of amides is 1. The minimum Gasteiger partial charge on any atom is -0.480 e. The second-order valence-electron chi connectivity index (χ2n) is 5.92. The molecule has 23 heavy (non-hydrogen) atoms. The maximum Gasteiger partial charge on any atom is 0.261 e. The number of rotatable bonds is 7. The van der Waals surface area contributed by atoms with Gasteiger partial charge in [-0.1, -0.05) is 11.6 Å². The third-order valence-electron chi connectivity index (χ3n) is 4.08. The summed E-state index contributed by atoms with van der Waals surface area (Å²) in [7, 11) is 0. The van der Waals surface area contributed by atoms with E-state index >= 15 is 0 Å². The molecular weight excluding hydrogens is 318 g/mol. The van der Waals surface area contributed by atoms with Crippen LogP contribution >= 0.6 is 11.6 Å². The van der Waals surface area contributed by atoms with Crippen LogP contribution in [0.25, 0.3) is 0 Å². The van der Waals surface area contributed by atoms with Crippen molar-refractivity contribution in [3.05, 3.63) is 28.8 Å². The van der Waals surface area contributed by atoms with E-state index in [4.69, 9.17) is 25.8 Å². The van der Waals surface area contributed by atoms with E-state index in [-0.39, 0.29) is 12.0 Å². The smallest absolute Gasteiger partial charge is 0.261 e. The van der Waals surface area contributed by atoms with Crippen molar-refractivity contribution in [2.75, 3.05) is 26.4 Å². The first-order valence-corrected chi connectivity index (χ1v) is 8.52. The van der Waals surface area contributed by atoms with Crippen LogP contribution in [-0.2, 0) is 20.7 Å².